The van der Waals surface area contributed by atoms with E-state index in [4.69, 9.17) is 4.74 Å². The number of rotatable bonds is 7. The number of amides is 2. The summed E-state index contributed by atoms with van der Waals surface area (Å²) in [4.78, 5) is 16.2. The van der Waals surface area contributed by atoms with Crippen molar-refractivity contribution in [3.63, 3.8) is 0 Å². The van der Waals surface area contributed by atoms with Gasteiger partial charge in [0.05, 0.1) is 11.2 Å². The summed E-state index contributed by atoms with van der Waals surface area (Å²) in [5, 5.41) is 7.72. The van der Waals surface area contributed by atoms with Crippen molar-refractivity contribution >= 4 is 23.1 Å². The number of benzene rings is 1. The van der Waals surface area contributed by atoms with Gasteiger partial charge in [-0.15, -0.1) is 11.3 Å². The highest BCUT2D eigenvalue weighted by molar-refractivity contribution is 7.07. The highest BCUT2D eigenvalue weighted by atomic mass is 32.1. The summed E-state index contributed by atoms with van der Waals surface area (Å²) in [5.41, 5.74) is 4.86. The first-order chi connectivity index (χ1) is 12.3. The Morgan fingerprint density at radius 3 is 3.08 bits per heavy atom. The van der Waals surface area contributed by atoms with Crippen molar-refractivity contribution in [2.45, 2.75) is 38.7 Å². The molecule has 2 aromatic rings. The third-order valence-electron chi connectivity index (χ3n) is 4.08. The molecule has 1 heterocycles. The van der Waals surface area contributed by atoms with E-state index in [1.807, 2.05) is 29.6 Å². The Balaban J connectivity index is 1.42. The predicted octanol–water partition coefficient (Wildman–Crippen LogP) is 4.73. The second kappa shape index (κ2) is 9.22. The van der Waals surface area contributed by atoms with Crippen LogP contribution in [0.3, 0.4) is 0 Å². The minimum absolute atomic E-state index is 0.187. The Morgan fingerprint density at radius 2 is 2.28 bits per heavy atom. The van der Waals surface area contributed by atoms with E-state index in [-0.39, 0.29) is 6.03 Å². The van der Waals surface area contributed by atoms with E-state index in [0.717, 1.165) is 12.1 Å². The van der Waals surface area contributed by atoms with Gasteiger partial charge in [0.2, 0.25) is 0 Å². The molecule has 0 atom stereocenters. The number of hydrogen-bond acceptors (Lipinski definition) is 4. The SMILES string of the molecule is O=C(NCCC1=CCCCC1)Nc1cccc(OCc2cscn2)c1. The summed E-state index contributed by atoms with van der Waals surface area (Å²) >= 11 is 1.54. The number of hydrogen-bond donors (Lipinski definition) is 2. The minimum atomic E-state index is -0.187. The van der Waals surface area contributed by atoms with Crippen LogP contribution in [0.15, 0.2) is 46.8 Å². The second-order valence-electron chi connectivity index (χ2n) is 6.04. The lowest BCUT2D eigenvalue weighted by molar-refractivity contribution is 0.252. The first-order valence-corrected chi connectivity index (χ1v) is 9.56. The van der Waals surface area contributed by atoms with E-state index >= 15 is 0 Å². The first-order valence-electron chi connectivity index (χ1n) is 8.62. The van der Waals surface area contributed by atoms with Gasteiger partial charge in [-0.25, -0.2) is 9.78 Å². The van der Waals surface area contributed by atoms with Crippen molar-refractivity contribution < 1.29 is 9.53 Å². The zero-order chi connectivity index (χ0) is 17.3. The largest absolute Gasteiger partial charge is 0.487 e. The monoisotopic (exact) mass is 357 g/mol. The molecule has 0 spiro atoms. The number of ether oxygens (including phenoxy) is 1. The Morgan fingerprint density at radius 1 is 1.32 bits per heavy atom. The van der Waals surface area contributed by atoms with Gasteiger partial charge >= 0.3 is 6.03 Å². The average Bonchev–Trinajstić information content (AvgIpc) is 3.15. The van der Waals surface area contributed by atoms with Crippen LogP contribution in [0.1, 0.15) is 37.8 Å². The molecule has 25 heavy (non-hydrogen) atoms. The second-order valence-corrected chi connectivity index (χ2v) is 6.75. The smallest absolute Gasteiger partial charge is 0.319 e. The molecule has 0 radical (unpaired) electrons. The molecule has 0 fully saturated rings. The van der Waals surface area contributed by atoms with Gasteiger partial charge in [0.1, 0.15) is 12.4 Å². The Labute approximate surface area is 152 Å². The van der Waals surface area contributed by atoms with Gasteiger partial charge < -0.3 is 15.4 Å². The van der Waals surface area contributed by atoms with Gasteiger partial charge in [-0.1, -0.05) is 17.7 Å². The molecule has 1 aromatic heterocycles. The third-order valence-corrected chi connectivity index (χ3v) is 4.71. The number of aromatic nitrogens is 1. The Bertz CT molecular complexity index is 713. The number of carbonyl (C=O) groups is 1. The standard InChI is InChI=1S/C19H23N3O2S/c23-19(20-10-9-15-5-2-1-3-6-15)22-16-7-4-8-18(11-16)24-12-17-13-25-14-21-17/h4-5,7-8,11,13-14H,1-3,6,9-10,12H2,(H2,20,22,23). The molecule has 0 bridgehead atoms. The fourth-order valence-corrected chi connectivity index (χ4v) is 3.32. The quantitative estimate of drug-likeness (QED) is 0.704. The van der Waals surface area contributed by atoms with E-state index in [2.05, 4.69) is 21.7 Å². The zero-order valence-corrected chi connectivity index (χ0v) is 15.0. The molecule has 0 saturated heterocycles. The summed E-state index contributed by atoms with van der Waals surface area (Å²) in [5.74, 6) is 0.707. The third kappa shape index (κ3) is 5.90. The van der Waals surface area contributed by atoms with Gasteiger partial charge in [0, 0.05) is 23.7 Å². The van der Waals surface area contributed by atoms with Crippen molar-refractivity contribution in [1.29, 1.82) is 0 Å². The van der Waals surface area contributed by atoms with Crippen molar-refractivity contribution in [2.24, 2.45) is 0 Å². The molecule has 5 nitrogen and oxygen atoms in total. The maximum Gasteiger partial charge on any atom is 0.319 e. The molecule has 1 aliphatic carbocycles. The molecule has 2 amide bonds. The van der Waals surface area contributed by atoms with Crippen LogP contribution in [0.2, 0.25) is 0 Å². The van der Waals surface area contributed by atoms with Crippen LogP contribution in [0, 0.1) is 0 Å². The maximum atomic E-state index is 12.0. The molecule has 1 aliphatic rings. The minimum Gasteiger partial charge on any atom is -0.487 e. The van der Waals surface area contributed by atoms with Crippen LogP contribution in [0.4, 0.5) is 10.5 Å². The first kappa shape index (κ1) is 17.5. The lowest BCUT2D eigenvalue weighted by Gasteiger charge is -2.13. The fraction of sp³-hybridized carbons (Fsp3) is 0.368. The predicted molar refractivity (Wildman–Crippen MR) is 101 cm³/mol. The van der Waals surface area contributed by atoms with Gasteiger partial charge in [0.15, 0.2) is 0 Å². The average molecular weight is 357 g/mol. The highest BCUT2D eigenvalue weighted by Crippen LogP contribution is 2.20. The molecule has 3 rings (SSSR count). The number of carbonyl (C=O) groups excluding carboxylic acids is 1. The summed E-state index contributed by atoms with van der Waals surface area (Å²) < 4.78 is 5.70. The van der Waals surface area contributed by atoms with Gasteiger partial charge in [-0.05, 0) is 44.2 Å². The topological polar surface area (TPSA) is 63.2 Å². The molecule has 0 aliphatic heterocycles. The number of anilines is 1. The number of nitrogens with zero attached hydrogens (tertiary/aromatic N) is 1. The van der Waals surface area contributed by atoms with Crippen LogP contribution in [0.5, 0.6) is 5.75 Å². The Hall–Kier alpha value is -2.34. The van der Waals surface area contributed by atoms with Crippen LogP contribution < -0.4 is 15.4 Å². The molecule has 1 aromatic carbocycles. The van der Waals surface area contributed by atoms with Crippen LogP contribution in [0.25, 0.3) is 0 Å². The molecule has 0 unspecified atom stereocenters. The van der Waals surface area contributed by atoms with Crippen LogP contribution in [-0.4, -0.2) is 17.6 Å². The normalized spacial score (nSPS) is 13.8. The molecule has 132 valence electrons. The molecule has 2 N–H and O–H groups in total. The van der Waals surface area contributed by atoms with E-state index in [1.165, 1.54) is 31.3 Å². The van der Waals surface area contributed by atoms with Crippen LogP contribution in [-0.2, 0) is 6.61 Å². The highest BCUT2D eigenvalue weighted by Gasteiger charge is 2.06. The zero-order valence-electron chi connectivity index (χ0n) is 14.2. The molecular formula is C19H23N3O2S. The van der Waals surface area contributed by atoms with Crippen molar-refractivity contribution in [1.82, 2.24) is 10.3 Å². The van der Waals surface area contributed by atoms with E-state index < -0.39 is 0 Å². The van der Waals surface area contributed by atoms with Gasteiger partial charge in [0.25, 0.3) is 0 Å². The van der Waals surface area contributed by atoms with Crippen molar-refractivity contribution in [2.75, 3.05) is 11.9 Å². The molecule has 6 heteroatoms. The lowest BCUT2D eigenvalue weighted by atomic mass is 9.97. The van der Waals surface area contributed by atoms with Crippen molar-refractivity contribution in [3.8, 4) is 5.75 Å². The number of nitrogens with one attached hydrogen (secondary N) is 2. The van der Waals surface area contributed by atoms with E-state index in [1.54, 1.807) is 16.8 Å². The summed E-state index contributed by atoms with van der Waals surface area (Å²) in [7, 11) is 0. The summed E-state index contributed by atoms with van der Waals surface area (Å²) in [6, 6.07) is 7.20. The van der Waals surface area contributed by atoms with Crippen molar-refractivity contribution in [3.05, 3.63) is 52.5 Å². The molecular weight excluding hydrogens is 334 g/mol. The van der Waals surface area contributed by atoms with Gasteiger partial charge in [-0.2, -0.15) is 0 Å². The maximum absolute atomic E-state index is 12.0. The van der Waals surface area contributed by atoms with E-state index in [0.29, 0.717) is 24.6 Å². The number of thiazole rings is 1. The van der Waals surface area contributed by atoms with Gasteiger partial charge in [-0.3, -0.25) is 0 Å². The summed E-state index contributed by atoms with van der Waals surface area (Å²) in [6.45, 7) is 1.09. The Kier molecular flexibility index (Phi) is 6.45. The number of allylic oxidation sites excluding steroid dienone is 1. The summed E-state index contributed by atoms with van der Waals surface area (Å²) in [6.07, 6.45) is 8.15. The van der Waals surface area contributed by atoms with E-state index in [9.17, 15) is 4.79 Å². The molecule has 0 saturated carbocycles. The van der Waals surface area contributed by atoms with Crippen LogP contribution >= 0.6 is 11.3 Å². The fourth-order valence-electron chi connectivity index (χ4n) is 2.77. The lowest BCUT2D eigenvalue weighted by Crippen LogP contribution is -2.29. The number of urea groups is 1.